The number of Topliss-reactive ketones (excluding diaryl/α,β-unsaturated/α-hetero) is 1. The molecule has 9 heteroatoms. The van der Waals surface area contributed by atoms with Gasteiger partial charge in [0.1, 0.15) is 0 Å². The highest BCUT2D eigenvalue weighted by atomic mass is 32.2. The molecule has 0 spiro atoms. The van der Waals surface area contributed by atoms with Crippen LogP contribution in [0.3, 0.4) is 0 Å². The standard InChI is InChI=1S/C26H31N3O5S/c1-31-21-12-10-17(14-23(21)33-3)20(30)16-35-26-28-27-25(29(26)19-8-6-5-7-9-19)18-11-13-22(32-2)24(15-18)34-4/h10-15,19H,5-9,16H2,1-4H3. The van der Waals surface area contributed by atoms with Crippen molar-refractivity contribution in [3.05, 3.63) is 42.0 Å². The molecule has 1 aliphatic rings. The molecule has 0 atom stereocenters. The SMILES string of the molecule is COc1ccc(C(=O)CSc2nnc(-c3ccc(OC)c(OC)c3)n2C2CCCCC2)cc1OC. The molecule has 2 aromatic carbocycles. The van der Waals surface area contributed by atoms with Gasteiger partial charge in [-0.1, -0.05) is 31.0 Å². The Morgan fingerprint density at radius 1 is 0.857 bits per heavy atom. The third-order valence-corrected chi connectivity index (χ3v) is 7.23. The molecule has 35 heavy (non-hydrogen) atoms. The summed E-state index contributed by atoms with van der Waals surface area (Å²) in [5.74, 6) is 3.43. The number of hydrogen-bond acceptors (Lipinski definition) is 8. The summed E-state index contributed by atoms with van der Waals surface area (Å²) in [5.41, 5.74) is 1.47. The van der Waals surface area contributed by atoms with E-state index in [2.05, 4.69) is 14.8 Å². The third kappa shape index (κ3) is 5.40. The Labute approximate surface area is 209 Å². The highest BCUT2D eigenvalue weighted by Crippen LogP contribution is 2.38. The Bertz CT molecular complexity index is 1170. The summed E-state index contributed by atoms with van der Waals surface area (Å²) in [5, 5.41) is 9.79. The van der Waals surface area contributed by atoms with E-state index < -0.39 is 0 Å². The smallest absolute Gasteiger partial charge is 0.192 e. The predicted molar refractivity (Wildman–Crippen MR) is 135 cm³/mol. The van der Waals surface area contributed by atoms with Crippen molar-refractivity contribution in [2.75, 3.05) is 34.2 Å². The van der Waals surface area contributed by atoms with Crippen LogP contribution in [0.25, 0.3) is 11.4 Å². The molecule has 1 heterocycles. The number of carbonyl (C=O) groups is 1. The Kier molecular flexibility index (Phi) is 8.17. The molecule has 1 saturated carbocycles. The molecule has 0 aliphatic heterocycles. The van der Waals surface area contributed by atoms with Crippen LogP contribution in [0.1, 0.15) is 48.5 Å². The van der Waals surface area contributed by atoms with Crippen LogP contribution in [0.4, 0.5) is 0 Å². The summed E-state index contributed by atoms with van der Waals surface area (Å²) in [6.07, 6.45) is 5.71. The van der Waals surface area contributed by atoms with E-state index in [0.717, 1.165) is 29.4 Å². The number of methoxy groups -OCH3 is 4. The molecule has 4 rings (SSSR count). The summed E-state index contributed by atoms with van der Waals surface area (Å²) in [4.78, 5) is 13.0. The first-order valence-electron chi connectivity index (χ1n) is 11.6. The minimum atomic E-state index is -0.0122. The first-order chi connectivity index (χ1) is 17.1. The Morgan fingerprint density at radius 3 is 2.14 bits per heavy atom. The molecular formula is C26H31N3O5S. The first-order valence-corrected chi connectivity index (χ1v) is 12.6. The lowest BCUT2D eigenvalue weighted by Gasteiger charge is -2.25. The highest BCUT2D eigenvalue weighted by Gasteiger charge is 2.25. The topological polar surface area (TPSA) is 84.7 Å². The molecule has 0 radical (unpaired) electrons. The summed E-state index contributed by atoms with van der Waals surface area (Å²) in [6, 6.07) is 11.3. The van der Waals surface area contributed by atoms with Gasteiger partial charge in [0.05, 0.1) is 34.2 Å². The Morgan fingerprint density at radius 2 is 1.49 bits per heavy atom. The first kappa shape index (κ1) is 24.9. The molecule has 0 bridgehead atoms. The number of hydrogen-bond donors (Lipinski definition) is 0. The van der Waals surface area contributed by atoms with Crippen molar-refractivity contribution in [3.63, 3.8) is 0 Å². The maximum Gasteiger partial charge on any atom is 0.192 e. The van der Waals surface area contributed by atoms with Crippen LogP contribution in [-0.4, -0.2) is 54.7 Å². The Hall–Kier alpha value is -3.20. The number of benzene rings is 2. The molecular weight excluding hydrogens is 466 g/mol. The molecule has 0 amide bonds. The van der Waals surface area contributed by atoms with E-state index in [4.69, 9.17) is 18.9 Å². The van der Waals surface area contributed by atoms with Crippen molar-refractivity contribution in [2.24, 2.45) is 0 Å². The van der Waals surface area contributed by atoms with Gasteiger partial charge in [-0.15, -0.1) is 10.2 Å². The molecule has 0 unspecified atom stereocenters. The van der Waals surface area contributed by atoms with Crippen LogP contribution in [0, 0.1) is 0 Å². The van der Waals surface area contributed by atoms with Gasteiger partial charge in [0.15, 0.2) is 39.8 Å². The van der Waals surface area contributed by atoms with E-state index in [1.807, 2.05) is 18.2 Å². The van der Waals surface area contributed by atoms with E-state index in [1.54, 1.807) is 46.6 Å². The summed E-state index contributed by atoms with van der Waals surface area (Å²) < 4.78 is 23.7. The number of thioether (sulfide) groups is 1. The second-order valence-corrected chi connectivity index (χ2v) is 9.26. The van der Waals surface area contributed by atoms with Crippen LogP contribution in [-0.2, 0) is 0 Å². The number of nitrogens with zero attached hydrogens (tertiary/aromatic N) is 3. The fourth-order valence-electron chi connectivity index (χ4n) is 4.44. The Balaban J connectivity index is 1.62. The number of ketones is 1. The van der Waals surface area contributed by atoms with Gasteiger partial charge in [-0.2, -0.15) is 0 Å². The number of aromatic nitrogens is 3. The van der Waals surface area contributed by atoms with Crippen LogP contribution in [0.2, 0.25) is 0 Å². The maximum atomic E-state index is 13.0. The number of ether oxygens (including phenoxy) is 4. The van der Waals surface area contributed by atoms with E-state index in [1.165, 1.54) is 31.0 Å². The lowest BCUT2D eigenvalue weighted by molar-refractivity contribution is 0.102. The van der Waals surface area contributed by atoms with Crippen molar-refractivity contribution in [1.82, 2.24) is 14.8 Å². The van der Waals surface area contributed by atoms with Gasteiger partial charge in [-0.05, 0) is 49.2 Å². The lowest BCUT2D eigenvalue weighted by atomic mass is 9.95. The van der Waals surface area contributed by atoms with Gasteiger partial charge in [0, 0.05) is 17.2 Å². The van der Waals surface area contributed by atoms with Crippen molar-refractivity contribution in [3.8, 4) is 34.4 Å². The monoisotopic (exact) mass is 497 g/mol. The predicted octanol–water partition coefficient (Wildman–Crippen LogP) is 5.46. The molecule has 8 nitrogen and oxygen atoms in total. The number of carbonyl (C=O) groups excluding carboxylic acids is 1. The minimum absolute atomic E-state index is 0.0122. The van der Waals surface area contributed by atoms with Crippen molar-refractivity contribution in [2.45, 2.75) is 43.3 Å². The van der Waals surface area contributed by atoms with Gasteiger partial charge in [0.2, 0.25) is 0 Å². The molecule has 3 aromatic rings. The quantitative estimate of drug-likeness (QED) is 0.270. The molecule has 1 aliphatic carbocycles. The number of rotatable bonds is 10. The van der Waals surface area contributed by atoms with Crippen molar-refractivity contribution in [1.29, 1.82) is 0 Å². The van der Waals surface area contributed by atoms with E-state index >= 15 is 0 Å². The third-order valence-electron chi connectivity index (χ3n) is 6.28. The highest BCUT2D eigenvalue weighted by molar-refractivity contribution is 7.99. The average Bonchev–Trinajstić information content (AvgIpc) is 3.35. The zero-order valence-corrected chi connectivity index (χ0v) is 21.4. The van der Waals surface area contributed by atoms with Crippen molar-refractivity contribution >= 4 is 17.5 Å². The molecule has 0 N–H and O–H groups in total. The fourth-order valence-corrected chi connectivity index (χ4v) is 5.34. The molecule has 186 valence electrons. The van der Waals surface area contributed by atoms with Crippen LogP contribution in [0.5, 0.6) is 23.0 Å². The zero-order chi connectivity index (χ0) is 24.8. The van der Waals surface area contributed by atoms with Crippen LogP contribution in [0.15, 0.2) is 41.6 Å². The van der Waals surface area contributed by atoms with Gasteiger partial charge in [0.25, 0.3) is 0 Å². The molecule has 0 saturated heterocycles. The summed E-state index contributed by atoms with van der Waals surface area (Å²) in [6.45, 7) is 0. The lowest BCUT2D eigenvalue weighted by Crippen LogP contribution is -2.15. The summed E-state index contributed by atoms with van der Waals surface area (Å²) in [7, 11) is 6.37. The van der Waals surface area contributed by atoms with Crippen LogP contribution < -0.4 is 18.9 Å². The zero-order valence-electron chi connectivity index (χ0n) is 20.6. The van der Waals surface area contributed by atoms with Gasteiger partial charge >= 0.3 is 0 Å². The molecule has 1 fully saturated rings. The van der Waals surface area contributed by atoms with E-state index in [9.17, 15) is 4.79 Å². The van der Waals surface area contributed by atoms with Crippen LogP contribution >= 0.6 is 11.8 Å². The van der Waals surface area contributed by atoms with Gasteiger partial charge < -0.3 is 18.9 Å². The average molecular weight is 498 g/mol. The second kappa shape index (κ2) is 11.5. The van der Waals surface area contributed by atoms with Gasteiger partial charge in [-0.25, -0.2) is 0 Å². The van der Waals surface area contributed by atoms with Crippen molar-refractivity contribution < 1.29 is 23.7 Å². The maximum absolute atomic E-state index is 13.0. The normalized spacial score (nSPS) is 13.9. The van der Waals surface area contributed by atoms with Gasteiger partial charge in [-0.3, -0.25) is 9.36 Å². The second-order valence-electron chi connectivity index (χ2n) is 8.32. The largest absolute Gasteiger partial charge is 0.493 e. The van der Waals surface area contributed by atoms with E-state index in [-0.39, 0.29) is 11.5 Å². The summed E-state index contributed by atoms with van der Waals surface area (Å²) >= 11 is 1.41. The molecule has 1 aromatic heterocycles. The van der Waals surface area contributed by atoms with E-state index in [0.29, 0.717) is 34.6 Å². The fraction of sp³-hybridized carbons (Fsp3) is 0.423. The minimum Gasteiger partial charge on any atom is -0.493 e.